The Morgan fingerprint density at radius 3 is 2.52 bits per heavy atom. The van der Waals surface area contributed by atoms with Gasteiger partial charge in [-0.3, -0.25) is 14.6 Å². The highest BCUT2D eigenvalue weighted by Gasteiger charge is 2.27. The summed E-state index contributed by atoms with van der Waals surface area (Å²) in [5.41, 5.74) is 5.26. The number of aliphatic hydroxyl groups is 1. The predicted molar refractivity (Wildman–Crippen MR) is 118 cm³/mol. The standard InChI is InChI=1S/C25H26N2O4/c1-16-12-21(15-28)22-7-3-5-19(23(22)26-16)13-17-4-2-6-20(14-17)24(29)27-10-8-18(9-11-27)25(30)31/h2-7,12,14,18,28H,8-11,13,15H2,1H3,(H,30,31). The topological polar surface area (TPSA) is 90.7 Å². The van der Waals surface area contributed by atoms with Gasteiger partial charge in [-0.05, 0) is 61.1 Å². The Balaban J connectivity index is 1.57. The van der Waals surface area contributed by atoms with Crippen molar-refractivity contribution in [1.82, 2.24) is 9.88 Å². The maximum Gasteiger partial charge on any atom is 0.306 e. The molecule has 1 saturated heterocycles. The molecule has 6 nitrogen and oxygen atoms in total. The number of carboxylic acid groups (broad SMARTS) is 1. The quantitative estimate of drug-likeness (QED) is 0.661. The Kier molecular flexibility index (Phi) is 6.00. The molecule has 0 aliphatic carbocycles. The van der Waals surface area contributed by atoms with Gasteiger partial charge in [-0.2, -0.15) is 0 Å². The summed E-state index contributed by atoms with van der Waals surface area (Å²) in [6.45, 7) is 2.82. The first-order valence-electron chi connectivity index (χ1n) is 10.6. The molecule has 6 heteroatoms. The molecule has 1 amide bonds. The van der Waals surface area contributed by atoms with E-state index in [0.717, 1.165) is 33.3 Å². The third kappa shape index (κ3) is 4.44. The average molecular weight is 418 g/mol. The number of pyridine rings is 1. The highest BCUT2D eigenvalue weighted by atomic mass is 16.4. The first kappa shape index (κ1) is 21.0. The van der Waals surface area contributed by atoms with Crippen LogP contribution in [0.2, 0.25) is 0 Å². The smallest absolute Gasteiger partial charge is 0.306 e. The number of hydrogen-bond acceptors (Lipinski definition) is 4. The molecule has 2 N–H and O–H groups in total. The Morgan fingerprint density at radius 1 is 1.06 bits per heavy atom. The van der Waals surface area contributed by atoms with Gasteiger partial charge in [0.25, 0.3) is 5.91 Å². The van der Waals surface area contributed by atoms with Crippen molar-refractivity contribution >= 4 is 22.8 Å². The second kappa shape index (κ2) is 8.86. The third-order valence-corrected chi connectivity index (χ3v) is 6.01. The first-order chi connectivity index (χ1) is 15.0. The molecule has 31 heavy (non-hydrogen) atoms. The van der Waals surface area contributed by atoms with Crippen molar-refractivity contribution in [2.45, 2.75) is 32.8 Å². The number of likely N-dealkylation sites (tertiary alicyclic amines) is 1. The van der Waals surface area contributed by atoms with E-state index in [1.54, 1.807) is 4.90 Å². The van der Waals surface area contributed by atoms with Gasteiger partial charge < -0.3 is 15.1 Å². The van der Waals surface area contributed by atoms with Crippen LogP contribution in [-0.4, -0.2) is 45.1 Å². The molecule has 0 radical (unpaired) electrons. The first-order valence-corrected chi connectivity index (χ1v) is 10.6. The Labute approximate surface area is 181 Å². The molecule has 3 aromatic rings. The zero-order chi connectivity index (χ0) is 22.0. The van der Waals surface area contributed by atoms with Gasteiger partial charge in [-0.15, -0.1) is 0 Å². The number of carbonyl (C=O) groups is 2. The second-order valence-electron chi connectivity index (χ2n) is 8.18. The van der Waals surface area contributed by atoms with Gasteiger partial charge in [0, 0.05) is 29.7 Å². The summed E-state index contributed by atoms with van der Waals surface area (Å²) in [5.74, 6) is -1.20. The fourth-order valence-corrected chi connectivity index (χ4v) is 4.34. The number of piperidine rings is 1. The van der Waals surface area contributed by atoms with E-state index < -0.39 is 5.97 Å². The molecule has 0 bridgehead atoms. The molecule has 1 aliphatic rings. The number of para-hydroxylation sites is 1. The number of nitrogens with zero attached hydrogens (tertiary/aromatic N) is 2. The van der Waals surface area contributed by atoms with Crippen LogP contribution in [0.1, 0.15) is 45.6 Å². The average Bonchev–Trinajstić information content (AvgIpc) is 2.78. The number of aliphatic carboxylic acids is 1. The summed E-state index contributed by atoms with van der Waals surface area (Å²) in [6.07, 6.45) is 1.62. The Hall–Kier alpha value is -3.25. The maximum atomic E-state index is 13.0. The predicted octanol–water partition coefficient (Wildman–Crippen LogP) is 3.56. The summed E-state index contributed by atoms with van der Waals surface area (Å²) in [6, 6.07) is 15.5. The molecule has 160 valence electrons. The van der Waals surface area contributed by atoms with Crippen LogP contribution in [0, 0.1) is 12.8 Å². The highest BCUT2D eigenvalue weighted by molar-refractivity contribution is 5.94. The van der Waals surface area contributed by atoms with Crippen molar-refractivity contribution in [2.24, 2.45) is 5.92 Å². The second-order valence-corrected chi connectivity index (χ2v) is 8.18. The molecular weight excluding hydrogens is 392 g/mol. The molecule has 4 rings (SSSR count). The van der Waals surface area contributed by atoms with Crippen LogP contribution in [0.3, 0.4) is 0 Å². The third-order valence-electron chi connectivity index (χ3n) is 6.01. The number of amides is 1. The van der Waals surface area contributed by atoms with Crippen LogP contribution in [0.15, 0.2) is 48.5 Å². The fourth-order valence-electron chi connectivity index (χ4n) is 4.34. The molecule has 1 aliphatic heterocycles. The summed E-state index contributed by atoms with van der Waals surface area (Å²) in [7, 11) is 0. The maximum absolute atomic E-state index is 13.0. The number of aromatic nitrogens is 1. The number of carbonyl (C=O) groups excluding carboxylic acids is 1. The van der Waals surface area contributed by atoms with Gasteiger partial charge >= 0.3 is 5.97 Å². The van der Waals surface area contributed by atoms with Crippen molar-refractivity contribution in [3.05, 3.63) is 76.5 Å². The van der Waals surface area contributed by atoms with Crippen LogP contribution in [0.5, 0.6) is 0 Å². The summed E-state index contributed by atoms with van der Waals surface area (Å²) < 4.78 is 0. The molecule has 0 atom stereocenters. The normalized spacial score (nSPS) is 14.7. The Morgan fingerprint density at radius 2 is 1.81 bits per heavy atom. The summed E-state index contributed by atoms with van der Waals surface area (Å²) >= 11 is 0. The van der Waals surface area contributed by atoms with Gasteiger partial charge in [-0.1, -0.05) is 30.3 Å². The van der Waals surface area contributed by atoms with E-state index in [4.69, 9.17) is 10.1 Å². The van der Waals surface area contributed by atoms with Crippen molar-refractivity contribution in [3.8, 4) is 0 Å². The molecule has 1 aromatic heterocycles. The van der Waals surface area contributed by atoms with Crippen LogP contribution in [-0.2, 0) is 17.8 Å². The summed E-state index contributed by atoms with van der Waals surface area (Å²) in [4.78, 5) is 30.6. The lowest BCUT2D eigenvalue weighted by atomic mass is 9.96. The number of hydrogen-bond donors (Lipinski definition) is 2. The Bertz CT molecular complexity index is 1130. The van der Waals surface area contributed by atoms with Gasteiger partial charge in [0.05, 0.1) is 18.0 Å². The number of carboxylic acids is 1. The van der Waals surface area contributed by atoms with E-state index in [9.17, 15) is 14.7 Å². The van der Waals surface area contributed by atoms with E-state index in [1.165, 1.54) is 0 Å². The molecule has 1 fully saturated rings. The van der Waals surface area contributed by atoms with E-state index in [-0.39, 0.29) is 18.4 Å². The molecule has 0 saturated carbocycles. The number of benzene rings is 2. The monoisotopic (exact) mass is 418 g/mol. The zero-order valence-corrected chi connectivity index (χ0v) is 17.5. The van der Waals surface area contributed by atoms with Crippen molar-refractivity contribution in [3.63, 3.8) is 0 Å². The molecule has 0 spiro atoms. The fraction of sp³-hybridized carbons (Fsp3) is 0.320. The van der Waals surface area contributed by atoms with E-state index in [0.29, 0.717) is 37.9 Å². The lowest BCUT2D eigenvalue weighted by Gasteiger charge is -2.30. The van der Waals surface area contributed by atoms with Crippen molar-refractivity contribution < 1.29 is 19.8 Å². The molecule has 0 unspecified atom stereocenters. The summed E-state index contributed by atoms with van der Waals surface area (Å²) in [5, 5.41) is 19.8. The minimum Gasteiger partial charge on any atom is -0.481 e. The van der Waals surface area contributed by atoms with Crippen LogP contribution in [0.25, 0.3) is 10.9 Å². The lowest BCUT2D eigenvalue weighted by Crippen LogP contribution is -2.40. The van der Waals surface area contributed by atoms with Crippen LogP contribution in [0.4, 0.5) is 0 Å². The SMILES string of the molecule is Cc1cc(CO)c2cccc(Cc3cccc(C(=O)N4CCC(C(=O)O)CC4)c3)c2n1. The van der Waals surface area contributed by atoms with E-state index in [2.05, 4.69) is 0 Å². The molecular formula is C25H26N2O4. The highest BCUT2D eigenvalue weighted by Crippen LogP contribution is 2.25. The number of fused-ring (bicyclic) bond motifs is 1. The number of aliphatic hydroxyl groups excluding tert-OH is 1. The number of aryl methyl sites for hydroxylation is 1. The van der Waals surface area contributed by atoms with Crippen LogP contribution < -0.4 is 0 Å². The number of rotatable bonds is 5. The zero-order valence-electron chi connectivity index (χ0n) is 17.5. The minimum atomic E-state index is -0.780. The van der Waals surface area contributed by atoms with Gasteiger partial charge in [0.2, 0.25) is 0 Å². The minimum absolute atomic E-state index is 0.0358. The van der Waals surface area contributed by atoms with Crippen LogP contribution >= 0.6 is 0 Å². The molecule has 2 heterocycles. The lowest BCUT2D eigenvalue weighted by molar-refractivity contribution is -0.143. The van der Waals surface area contributed by atoms with Gasteiger partial charge in [0.1, 0.15) is 0 Å². The van der Waals surface area contributed by atoms with Crippen molar-refractivity contribution in [1.29, 1.82) is 0 Å². The van der Waals surface area contributed by atoms with Crippen molar-refractivity contribution in [2.75, 3.05) is 13.1 Å². The van der Waals surface area contributed by atoms with E-state index >= 15 is 0 Å². The largest absolute Gasteiger partial charge is 0.481 e. The van der Waals surface area contributed by atoms with Gasteiger partial charge in [0.15, 0.2) is 0 Å². The molecule has 2 aromatic carbocycles. The van der Waals surface area contributed by atoms with E-state index in [1.807, 2.05) is 55.5 Å². The van der Waals surface area contributed by atoms with Gasteiger partial charge in [-0.25, -0.2) is 0 Å².